The molecule has 0 radical (unpaired) electrons. The minimum Gasteiger partial charge on any atom is -0.332 e. The molecule has 0 saturated carbocycles. The van der Waals surface area contributed by atoms with Crippen molar-refractivity contribution in [1.29, 1.82) is 0 Å². The van der Waals surface area contributed by atoms with Crippen LogP contribution in [0.4, 0.5) is 10.1 Å². The van der Waals surface area contributed by atoms with E-state index in [4.69, 9.17) is 4.52 Å². The Morgan fingerprint density at radius 1 is 1.00 bits per heavy atom. The molecule has 0 aliphatic heterocycles. The molecule has 0 unspecified atom stereocenters. The van der Waals surface area contributed by atoms with Crippen molar-refractivity contribution < 1.29 is 13.7 Å². The second-order valence-corrected chi connectivity index (χ2v) is 8.31. The molecule has 0 spiro atoms. The lowest BCUT2D eigenvalue weighted by Gasteiger charge is -2.08. The summed E-state index contributed by atoms with van der Waals surface area (Å²) >= 11 is 0. The normalized spacial score (nSPS) is 10.9. The first kappa shape index (κ1) is 22.2. The van der Waals surface area contributed by atoms with Gasteiger partial charge in [0.1, 0.15) is 11.5 Å². The van der Waals surface area contributed by atoms with E-state index in [1.165, 1.54) is 12.1 Å². The van der Waals surface area contributed by atoms with Gasteiger partial charge in [-0.3, -0.25) is 4.79 Å². The number of nitrogens with one attached hydrogen (secondary N) is 1. The van der Waals surface area contributed by atoms with Crippen LogP contribution in [0.25, 0.3) is 23.0 Å². The van der Waals surface area contributed by atoms with E-state index in [2.05, 4.69) is 20.4 Å². The second-order valence-electron chi connectivity index (χ2n) is 8.31. The van der Waals surface area contributed by atoms with E-state index in [-0.39, 0.29) is 17.6 Å². The molecule has 35 heavy (non-hydrogen) atoms. The number of aryl methyl sites for hydroxylation is 2. The first-order valence-electron chi connectivity index (χ1n) is 11.0. The topological polar surface area (TPSA) is 85.8 Å². The van der Waals surface area contributed by atoms with E-state index in [9.17, 15) is 9.18 Å². The summed E-state index contributed by atoms with van der Waals surface area (Å²) in [6.45, 7) is 4.59. The van der Waals surface area contributed by atoms with Gasteiger partial charge >= 0.3 is 0 Å². The molecule has 1 amide bonds. The zero-order valence-electron chi connectivity index (χ0n) is 19.2. The molecular formula is C27H22FN5O2. The Morgan fingerprint density at radius 2 is 1.77 bits per heavy atom. The fraction of sp³-hybridized carbons (Fsp3) is 0.111. The monoisotopic (exact) mass is 467 g/mol. The Balaban J connectivity index is 1.23. The highest BCUT2D eigenvalue weighted by Crippen LogP contribution is 2.22. The van der Waals surface area contributed by atoms with Gasteiger partial charge in [-0.15, -0.1) is 0 Å². The highest BCUT2D eigenvalue weighted by Gasteiger charge is 2.13. The summed E-state index contributed by atoms with van der Waals surface area (Å²) in [5.41, 5.74) is 5.83. The van der Waals surface area contributed by atoms with Crippen LogP contribution in [-0.4, -0.2) is 25.6 Å². The number of imidazole rings is 1. The highest BCUT2D eigenvalue weighted by atomic mass is 19.1. The van der Waals surface area contributed by atoms with E-state index in [1.54, 1.807) is 18.5 Å². The van der Waals surface area contributed by atoms with Crippen LogP contribution in [0.1, 0.15) is 27.0 Å². The third kappa shape index (κ3) is 5.01. The van der Waals surface area contributed by atoms with Crippen LogP contribution < -0.4 is 5.32 Å². The average Bonchev–Trinajstić information content (AvgIpc) is 3.52. The highest BCUT2D eigenvalue weighted by molar-refractivity contribution is 6.04. The molecule has 0 fully saturated rings. The van der Waals surface area contributed by atoms with Gasteiger partial charge < -0.3 is 14.4 Å². The molecule has 0 aliphatic carbocycles. The average molecular weight is 468 g/mol. The van der Waals surface area contributed by atoms with Crippen molar-refractivity contribution in [2.24, 2.45) is 0 Å². The number of anilines is 1. The van der Waals surface area contributed by atoms with Crippen LogP contribution >= 0.6 is 0 Å². The number of amides is 1. The predicted octanol–water partition coefficient (Wildman–Crippen LogP) is 5.66. The number of rotatable bonds is 6. The molecule has 174 valence electrons. The minimum absolute atomic E-state index is 0.139. The quantitative estimate of drug-likeness (QED) is 0.348. The maximum Gasteiger partial charge on any atom is 0.278 e. The third-order valence-electron chi connectivity index (χ3n) is 5.73. The third-order valence-corrected chi connectivity index (χ3v) is 5.73. The Hall–Kier alpha value is -4.59. The van der Waals surface area contributed by atoms with Crippen LogP contribution in [0.15, 0.2) is 83.8 Å². The van der Waals surface area contributed by atoms with Crippen LogP contribution in [0, 0.1) is 19.7 Å². The van der Waals surface area contributed by atoms with Crippen molar-refractivity contribution >= 4 is 11.6 Å². The number of benzene rings is 3. The molecule has 1 N–H and O–H groups in total. The maximum absolute atomic E-state index is 13.1. The molecule has 2 aromatic heterocycles. The fourth-order valence-corrected chi connectivity index (χ4v) is 3.59. The van der Waals surface area contributed by atoms with Crippen molar-refractivity contribution in [3.63, 3.8) is 0 Å². The molecule has 7 nitrogen and oxygen atoms in total. The Bertz CT molecular complexity index is 1490. The lowest BCUT2D eigenvalue weighted by Crippen LogP contribution is -2.12. The van der Waals surface area contributed by atoms with Crippen molar-refractivity contribution in [1.82, 2.24) is 19.7 Å². The summed E-state index contributed by atoms with van der Waals surface area (Å²) in [6, 6.07) is 19.2. The van der Waals surface area contributed by atoms with E-state index in [0.717, 1.165) is 22.4 Å². The number of nitrogens with zero attached hydrogens (tertiary/aromatic N) is 4. The number of carbonyl (C=O) groups is 1. The molecule has 0 atom stereocenters. The fourth-order valence-electron chi connectivity index (χ4n) is 3.59. The van der Waals surface area contributed by atoms with Crippen molar-refractivity contribution in [3.05, 3.63) is 107 Å². The van der Waals surface area contributed by atoms with Gasteiger partial charge in [-0.1, -0.05) is 23.4 Å². The zero-order chi connectivity index (χ0) is 24.4. The van der Waals surface area contributed by atoms with Gasteiger partial charge in [-0.25, -0.2) is 9.37 Å². The number of aromatic nitrogens is 4. The maximum atomic E-state index is 13.1. The van der Waals surface area contributed by atoms with Gasteiger partial charge in [0.25, 0.3) is 11.8 Å². The van der Waals surface area contributed by atoms with Gasteiger partial charge in [0.15, 0.2) is 0 Å². The second kappa shape index (κ2) is 9.34. The molecule has 5 aromatic rings. The first-order valence-corrected chi connectivity index (χ1v) is 11.0. The number of halogens is 1. The van der Waals surface area contributed by atoms with Gasteiger partial charge in [-0.2, -0.15) is 4.98 Å². The largest absolute Gasteiger partial charge is 0.332 e. The molecule has 0 saturated heterocycles. The van der Waals surface area contributed by atoms with Crippen LogP contribution in [0.2, 0.25) is 0 Å². The Labute approximate surface area is 201 Å². The predicted molar refractivity (Wildman–Crippen MR) is 130 cm³/mol. The molecule has 0 aliphatic rings. The van der Waals surface area contributed by atoms with E-state index in [1.807, 2.05) is 67.1 Å². The van der Waals surface area contributed by atoms with E-state index in [0.29, 0.717) is 29.2 Å². The molecule has 2 heterocycles. The summed E-state index contributed by atoms with van der Waals surface area (Å²) in [4.78, 5) is 21.3. The van der Waals surface area contributed by atoms with Gasteiger partial charge in [-0.05, 0) is 79.1 Å². The number of carbonyl (C=O) groups excluding carboxylic acids is 1. The van der Waals surface area contributed by atoms with Gasteiger partial charge in [0.2, 0.25) is 5.82 Å². The molecule has 8 heteroatoms. The van der Waals surface area contributed by atoms with Crippen LogP contribution in [-0.2, 0) is 6.54 Å². The van der Waals surface area contributed by atoms with Gasteiger partial charge in [0, 0.05) is 29.6 Å². The zero-order valence-corrected chi connectivity index (χ0v) is 19.2. The first-order chi connectivity index (χ1) is 16.9. The van der Waals surface area contributed by atoms with E-state index >= 15 is 0 Å². The minimum atomic E-state index is -0.326. The van der Waals surface area contributed by atoms with Crippen molar-refractivity contribution in [2.45, 2.75) is 20.4 Å². The lowest BCUT2D eigenvalue weighted by atomic mass is 10.1. The van der Waals surface area contributed by atoms with Crippen molar-refractivity contribution in [3.8, 4) is 23.0 Å². The summed E-state index contributed by atoms with van der Waals surface area (Å²) in [6.07, 6.45) is 3.50. The molecular weight excluding hydrogens is 445 g/mol. The van der Waals surface area contributed by atoms with Crippen molar-refractivity contribution in [2.75, 3.05) is 5.32 Å². The standard InChI is InChI=1S/C27H22FN5O2/c1-17-3-6-21(13-18(17)2)26(34)30-23-11-4-19(5-12-23)14-33-15-24(29-16-33)27-31-25(32-35-27)20-7-9-22(28)10-8-20/h3-13,15-16H,14H2,1-2H3,(H,30,34). The Morgan fingerprint density at radius 3 is 2.51 bits per heavy atom. The number of hydrogen-bond acceptors (Lipinski definition) is 5. The van der Waals surface area contributed by atoms with E-state index < -0.39 is 0 Å². The lowest BCUT2D eigenvalue weighted by molar-refractivity contribution is 0.102. The summed E-state index contributed by atoms with van der Waals surface area (Å²) in [5, 5.41) is 6.89. The molecule has 3 aromatic carbocycles. The Kier molecular flexibility index (Phi) is 5.93. The summed E-state index contributed by atoms with van der Waals surface area (Å²) in [5.74, 6) is 0.188. The smallest absolute Gasteiger partial charge is 0.278 e. The summed E-state index contributed by atoms with van der Waals surface area (Å²) < 4.78 is 20.4. The van der Waals surface area contributed by atoms with Crippen LogP contribution in [0.3, 0.4) is 0 Å². The SMILES string of the molecule is Cc1ccc(C(=O)Nc2ccc(Cn3cnc(-c4nc(-c5ccc(F)cc5)no4)c3)cc2)cc1C. The molecule has 5 rings (SSSR count). The number of hydrogen-bond donors (Lipinski definition) is 1. The van der Waals surface area contributed by atoms with Crippen LogP contribution in [0.5, 0.6) is 0 Å². The summed E-state index contributed by atoms with van der Waals surface area (Å²) in [7, 11) is 0. The van der Waals surface area contributed by atoms with Gasteiger partial charge in [0.05, 0.1) is 6.33 Å². The molecule has 0 bridgehead atoms.